The third kappa shape index (κ3) is 13.1. The number of rotatable bonds is 14. The maximum absolute atomic E-state index is 12.5. The molecule has 2 aromatic carbocycles. The summed E-state index contributed by atoms with van der Waals surface area (Å²) in [6, 6.07) is 15.4. The molecule has 0 saturated heterocycles. The number of aromatic nitrogens is 2. The molecule has 0 spiro atoms. The van der Waals surface area contributed by atoms with Crippen LogP contribution in [0.5, 0.6) is 23.0 Å². The van der Waals surface area contributed by atoms with Gasteiger partial charge >= 0.3 is 13.2 Å². The SMILES string of the molecule is CSCOc1cc(/C=C/n2c(C)cc(=O)cc2C)ccc1OC(F)F.Cc1cc(=O)cc(C)n1/C=C/c1ccc(OC(F)F)c(OCS(C)=O)c1. The Kier molecular flexibility index (Phi) is 15.6. The van der Waals surface area contributed by atoms with Gasteiger partial charge in [0.25, 0.3) is 0 Å². The van der Waals surface area contributed by atoms with Gasteiger partial charge in [-0.1, -0.05) is 12.1 Å². The lowest BCUT2D eigenvalue weighted by Gasteiger charge is -2.12. The van der Waals surface area contributed by atoms with Crippen molar-refractivity contribution in [2.75, 3.05) is 24.4 Å². The molecule has 0 aliphatic heterocycles. The van der Waals surface area contributed by atoms with Crippen LogP contribution in [-0.2, 0) is 10.8 Å². The molecular weight excluding hydrogens is 713 g/mol. The van der Waals surface area contributed by atoms with Crippen LogP contribution >= 0.6 is 11.8 Å². The van der Waals surface area contributed by atoms with Crippen LogP contribution < -0.4 is 29.8 Å². The molecule has 9 nitrogen and oxygen atoms in total. The van der Waals surface area contributed by atoms with E-state index in [0.717, 1.165) is 28.3 Å². The maximum Gasteiger partial charge on any atom is 0.387 e. The van der Waals surface area contributed by atoms with Crippen LogP contribution in [0, 0.1) is 27.7 Å². The summed E-state index contributed by atoms with van der Waals surface area (Å²) in [5, 5.41) is 0. The average Bonchev–Trinajstić information content (AvgIpc) is 3.03. The summed E-state index contributed by atoms with van der Waals surface area (Å²) in [5.41, 5.74) is 4.46. The van der Waals surface area contributed by atoms with Gasteiger partial charge in [0.1, 0.15) is 5.94 Å². The predicted molar refractivity (Wildman–Crippen MR) is 196 cm³/mol. The summed E-state index contributed by atoms with van der Waals surface area (Å²) < 4.78 is 84.6. The summed E-state index contributed by atoms with van der Waals surface area (Å²) in [7, 11) is -1.25. The van der Waals surface area contributed by atoms with Gasteiger partial charge in [-0.3, -0.25) is 13.8 Å². The number of nitrogens with zero attached hydrogens (tertiary/aromatic N) is 2. The number of aryl methyl sites for hydroxylation is 4. The zero-order chi connectivity index (χ0) is 37.7. The number of pyridine rings is 2. The van der Waals surface area contributed by atoms with E-state index in [4.69, 9.17) is 9.47 Å². The van der Waals surface area contributed by atoms with Crippen LogP contribution in [0.2, 0.25) is 0 Å². The van der Waals surface area contributed by atoms with Crippen LogP contribution in [0.15, 0.2) is 70.3 Å². The smallest absolute Gasteiger partial charge is 0.387 e. The Bertz CT molecular complexity index is 1940. The molecule has 4 aromatic rings. The molecule has 0 aliphatic rings. The van der Waals surface area contributed by atoms with Gasteiger partial charge in [-0.2, -0.15) is 17.6 Å². The van der Waals surface area contributed by atoms with E-state index in [0.29, 0.717) is 11.5 Å². The van der Waals surface area contributed by atoms with Crippen molar-refractivity contribution in [3.8, 4) is 23.0 Å². The highest BCUT2D eigenvalue weighted by Gasteiger charge is 2.13. The Morgan fingerprint density at radius 1 is 0.667 bits per heavy atom. The Balaban J connectivity index is 0.000000276. The second-order valence-corrected chi connectivity index (χ2v) is 13.1. The fourth-order valence-electron chi connectivity index (χ4n) is 4.67. The fraction of sp³-hybridized carbons (Fsp3) is 0.278. The second kappa shape index (κ2) is 19.6. The molecule has 0 aliphatic carbocycles. The molecule has 0 amide bonds. The van der Waals surface area contributed by atoms with Crippen LogP contribution in [0.4, 0.5) is 17.6 Å². The normalized spacial score (nSPS) is 11.9. The molecule has 0 saturated carbocycles. The molecule has 1 unspecified atom stereocenters. The minimum Gasteiger partial charge on any atom is -0.479 e. The van der Waals surface area contributed by atoms with Crippen molar-refractivity contribution in [2.45, 2.75) is 40.9 Å². The van der Waals surface area contributed by atoms with E-state index in [-0.39, 0.29) is 39.8 Å². The number of hydrogen-bond acceptors (Lipinski definition) is 8. The Hall–Kier alpha value is -4.76. The predicted octanol–water partition coefficient (Wildman–Crippen LogP) is 7.80. The van der Waals surface area contributed by atoms with Gasteiger partial charge in [0, 0.05) is 65.7 Å². The highest BCUT2D eigenvalue weighted by atomic mass is 32.2. The van der Waals surface area contributed by atoms with Crippen LogP contribution in [0.1, 0.15) is 33.9 Å². The van der Waals surface area contributed by atoms with E-state index in [2.05, 4.69) is 9.47 Å². The Labute approximate surface area is 299 Å². The van der Waals surface area contributed by atoms with Crippen LogP contribution in [0.3, 0.4) is 0 Å². The van der Waals surface area contributed by atoms with Crippen molar-refractivity contribution in [3.05, 3.63) is 115 Å². The van der Waals surface area contributed by atoms with Crippen molar-refractivity contribution >= 4 is 47.1 Å². The number of alkyl halides is 4. The van der Waals surface area contributed by atoms with Gasteiger partial charge in [0.2, 0.25) is 0 Å². The molecule has 2 aromatic heterocycles. The van der Waals surface area contributed by atoms with Crippen LogP contribution in [0.25, 0.3) is 24.6 Å². The van der Waals surface area contributed by atoms with E-state index in [1.54, 1.807) is 42.6 Å². The molecule has 274 valence electrons. The van der Waals surface area contributed by atoms with Gasteiger partial charge in [-0.15, -0.1) is 11.8 Å². The largest absolute Gasteiger partial charge is 0.479 e. The molecule has 0 bridgehead atoms. The minimum atomic E-state index is -2.99. The van der Waals surface area contributed by atoms with Crippen molar-refractivity contribution in [3.63, 3.8) is 0 Å². The molecule has 2 heterocycles. The Morgan fingerprint density at radius 3 is 1.41 bits per heavy atom. The second-order valence-electron chi connectivity index (χ2n) is 10.9. The fourth-order valence-corrected chi connectivity index (χ4v) is 5.21. The minimum absolute atomic E-state index is 0.00285. The van der Waals surface area contributed by atoms with Gasteiger partial charge in [0.05, 0.1) is 10.8 Å². The third-order valence-corrected chi connectivity index (χ3v) is 7.64. The van der Waals surface area contributed by atoms with Gasteiger partial charge < -0.3 is 28.1 Å². The molecule has 4 rings (SSSR count). The highest BCUT2D eigenvalue weighted by molar-refractivity contribution is 7.98. The summed E-state index contributed by atoms with van der Waals surface area (Å²) >= 11 is 1.43. The van der Waals surface area contributed by atoms with Gasteiger partial charge in [0.15, 0.2) is 39.8 Å². The van der Waals surface area contributed by atoms with Crippen molar-refractivity contribution in [1.82, 2.24) is 9.13 Å². The average molecular weight is 751 g/mol. The molecular formula is C36H38F4N2O7S2. The number of thioether (sulfide) groups is 1. The van der Waals surface area contributed by atoms with E-state index in [1.165, 1.54) is 48.3 Å². The Morgan fingerprint density at radius 2 is 1.06 bits per heavy atom. The van der Waals surface area contributed by atoms with Crippen molar-refractivity contribution in [1.29, 1.82) is 0 Å². The first-order chi connectivity index (χ1) is 24.2. The summed E-state index contributed by atoms with van der Waals surface area (Å²) in [6.07, 6.45) is 10.4. The topological polar surface area (TPSA) is 98.0 Å². The van der Waals surface area contributed by atoms with E-state index < -0.39 is 24.0 Å². The zero-order valence-corrected chi connectivity index (χ0v) is 30.4. The number of halogens is 4. The van der Waals surface area contributed by atoms with E-state index in [1.807, 2.05) is 55.4 Å². The first kappa shape index (κ1) is 40.7. The standard InChI is InChI=1S/C18H19F2NO4S.C18H19F2NO3S/c1-12-8-15(22)9-13(2)21(12)7-6-14-4-5-16(25-18(19)20)17(10-14)24-11-26(3)23;1-12-8-15(22)9-13(2)21(12)7-6-14-4-5-16(24-18(19)20)17(10-14)23-11-25-3/h4-10,18H,11H2,1-3H3;4-10,18H,11H2,1-3H3/b2*7-6+. The molecule has 0 fully saturated rings. The third-order valence-electron chi connectivity index (χ3n) is 6.84. The van der Waals surface area contributed by atoms with Crippen molar-refractivity contribution < 1.29 is 40.7 Å². The molecule has 0 N–H and O–H groups in total. The molecule has 0 radical (unpaired) electrons. The lowest BCUT2D eigenvalue weighted by Crippen LogP contribution is -2.08. The maximum atomic E-state index is 12.5. The number of hydrogen-bond donors (Lipinski definition) is 0. The first-order valence-electron chi connectivity index (χ1n) is 15.1. The van der Waals surface area contributed by atoms with E-state index in [9.17, 15) is 31.4 Å². The molecule has 51 heavy (non-hydrogen) atoms. The molecule has 15 heteroatoms. The summed E-state index contributed by atoms with van der Waals surface area (Å²) in [4.78, 5) is 23.0. The first-order valence-corrected chi connectivity index (χ1v) is 18.3. The lowest BCUT2D eigenvalue weighted by molar-refractivity contribution is -0.0519. The van der Waals surface area contributed by atoms with E-state index >= 15 is 0 Å². The summed E-state index contributed by atoms with van der Waals surface area (Å²) in [5.74, 6) is 0.395. The highest BCUT2D eigenvalue weighted by Crippen LogP contribution is 2.32. The number of benzene rings is 2. The monoisotopic (exact) mass is 750 g/mol. The van der Waals surface area contributed by atoms with Gasteiger partial charge in [-0.05, 0) is 81.5 Å². The van der Waals surface area contributed by atoms with Crippen LogP contribution in [-0.4, -0.2) is 51.0 Å². The zero-order valence-electron chi connectivity index (χ0n) is 28.7. The van der Waals surface area contributed by atoms with Crippen molar-refractivity contribution in [2.24, 2.45) is 0 Å². The summed E-state index contributed by atoms with van der Waals surface area (Å²) in [6.45, 7) is 1.39. The molecule has 1 atom stereocenters. The quantitative estimate of drug-likeness (QED) is 0.0952. The lowest BCUT2D eigenvalue weighted by atomic mass is 10.2. The van der Waals surface area contributed by atoms with Gasteiger partial charge in [-0.25, -0.2) is 0 Å². The number of ether oxygens (including phenoxy) is 4.